The van der Waals surface area contributed by atoms with Gasteiger partial charge in [-0.1, -0.05) is 0 Å². The number of Topliss-reactive ketones (excluding diaryl/α,β-unsaturated/α-hetero) is 1. The van der Waals surface area contributed by atoms with Crippen LogP contribution < -0.4 is 4.72 Å². The van der Waals surface area contributed by atoms with E-state index in [1.807, 2.05) is 0 Å². The number of hydrogen-bond donors (Lipinski definition) is 1. The zero-order valence-electron chi connectivity index (χ0n) is 16.3. The molecule has 0 heterocycles. The van der Waals surface area contributed by atoms with Crippen molar-refractivity contribution in [2.24, 2.45) is 23.2 Å². The molecule has 4 saturated carbocycles. The Bertz CT molecular complexity index is 855. The molecule has 1 N–H and O–H groups in total. The molecule has 0 radical (unpaired) electrons. The second-order valence-electron chi connectivity index (χ2n) is 9.06. The zero-order valence-corrected chi connectivity index (χ0v) is 17.1. The lowest BCUT2D eigenvalue weighted by Crippen LogP contribution is -2.51. The maximum Gasteiger partial charge on any atom is 0.312 e. The number of carbonyl (C=O) groups excluding carboxylic acids is 2. The number of ketones is 1. The Morgan fingerprint density at radius 2 is 1.54 bits per heavy atom. The van der Waals surface area contributed by atoms with Crippen LogP contribution in [0.1, 0.15) is 55.8 Å². The highest BCUT2D eigenvalue weighted by Crippen LogP contribution is 2.60. The second-order valence-corrected chi connectivity index (χ2v) is 10.8. The summed E-state index contributed by atoms with van der Waals surface area (Å²) in [6.07, 6.45) is 6.67. The molecule has 7 heteroatoms. The first-order valence-corrected chi connectivity index (χ1v) is 11.9. The number of anilines is 1. The van der Waals surface area contributed by atoms with Gasteiger partial charge in [0.15, 0.2) is 6.10 Å². The molecule has 152 valence electrons. The summed E-state index contributed by atoms with van der Waals surface area (Å²) in [6, 6.07) is 6.15. The molecule has 5 rings (SSSR count). The van der Waals surface area contributed by atoms with E-state index in [1.54, 1.807) is 19.1 Å². The van der Waals surface area contributed by atoms with Crippen molar-refractivity contribution in [1.82, 2.24) is 0 Å². The van der Waals surface area contributed by atoms with Crippen molar-refractivity contribution in [3.8, 4) is 0 Å². The largest absolute Gasteiger partial charge is 0.454 e. The zero-order chi connectivity index (χ0) is 20.1. The molecule has 0 aromatic heterocycles. The van der Waals surface area contributed by atoms with Gasteiger partial charge in [0.2, 0.25) is 15.8 Å². The third-order valence-corrected chi connectivity index (χ3v) is 7.20. The third-order valence-electron chi connectivity index (χ3n) is 6.60. The number of nitrogens with one attached hydrogen (secondary N) is 1. The SMILES string of the molecule is CC(OC(=O)C12CC3CC(CC(C3)C1)C2)C(=O)c1ccc(NS(C)(=O)=O)cc1. The molecular weight excluding hydrogens is 378 g/mol. The van der Waals surface area contributed by atoms with Crippen molar-refractivity contribution in [3.05, 3.63) is 29.8 Å². The van der Waals surface area contributed by atoms with Gasteiger partial charge in [-0.3, -0.25) is 14.3 Å². The maximum atomic E-state index is 13.0. The smallest absolute Gasteiger partial charge is 0.312 e. The summed E-state index contributed by atoms with van der Waals surface area (Å²) in [5, 5.41) is 0. The van der Waals surface area contributed by atoms with E-state index in [2.05, 4.69) is 4.72 Å². The van der Waals surface area contributed by atoms with Gasteiger partial charge in [0.1, 0.15) is 0 Å². The summed E-state index contributed by atoms with van der Waals surface area (Å²) >= 11 is 0. The number of esters is 1. The Morgan fingerprint density at radius 1 is 1.04 bits per heavy atom. The molecule has 0 amide bonds. The van der Waals surface area contributed by atoms with E-state index in [-0.39, 0.29) is 17.2 Å². The molecule has 0 saturated heterocycles. The molecule has 1 aromatic rings. The minimum atomic E-state index is -3.37. The fourth-order valence-electron chi connectivity index (χ4n) is 5.85. The van der Waals surface area contributed by atoms with Crippen molar-refractivity contribution < 1.29 is 22.7 Å². The lowest BCUT2D eigenvalue weighted by Gasteiger charge is -2.55. The number of benzene rings is 1. The topological polar surface area (TPSA) is 89.5 Å². The summed E-state index contributed by atoms with van der Waals surface area (Å²) in [5.74, 6) is 1.44. The molecule has 0 aliphatic heterocycles. The van der Waals surface area contributed by atoms with Crippen LogP contribution in [0.4, 0.5) is 5.69 Å². The number of rotatable bonds is 6. The van der Waals surface area contributed by atoms with E-state index in [4.69, 9.17) is 4.74 Å². The molecule has 0 spiro atoms. The van der Waals surface area contributed by atoms with Crippen LogP contribution in [0.3, 0.4) is 0 Å². The first-order valence-electron chi connectivity index (χ1n) is 9.97. The van der Waals surface area contributed by atoms with E-state index < -0.39 is 16.1 Å². The van der Waals surface area contributed by atoms with Crippen molar-refractivity contribution in [2.75, 3.05) is 11.0 Å². The first-order chi connectivity index (χ1) is 13.1. The fourth-order valence-corrected chi connectivity index (χ4v) is 6.42. The number of sulfonamides is 1. The van der Waals surface area contributed by atoms with Gasteiger partial charge in [0, 0.05) is 11.3 Å². The van der Waals surface area contributed by atoms with Crippen LogP contribution in [0.25, 0.3) is 0 Å². The Kier molecular flexibility index (Phi) is 4.76. The molecular formula is C21H27NO5S. The predicted molar refractivity (Wildman–Crippen MR) is 105 cm³/mol. The average molecular weight is 406 g/mol. The first kappa shape index (κ1) is 19.4. The van der Waals surface area contributed by atoms with Gasteiger partial charge < -0.3 is 4.74 Å². The Hall–Kier alpha value is -1.89. The molecule has 4 aliphatic carbocycles. The maximum absolute atomic E-state index is 13.0. The Labute approximate surface area is 166 Å². The summed E-state index contributed by atoms with van der Waals surface area (Å²) in [4.78, 5) is 25.7. The lowest BCUT2D eigenvalue weighted by atomic mass is 9.49. The normalized spacial score (nSPS) is 32.0. The van der Waals surface area contributed by atoms with Crippen LogP contribution in [0, 0.1) is 23.2 Å². The Balaban J connectivity index is 1.41. The minimum Gasteiger partial charge on any atom is -0.454 e. The third kappa shape index (κ3) is 3.81. The number of ether oxygens (including phenoxy) is 1. The van der Waals surface area contributed by atoms with Crippen LogP contribution in [-0.2, 0) is 19.6 Å². The van der Waals surface area contributed by atoms with E-state index >= 15 is 0 Å². The minimum absolute atomic E-state index is 0.206. The highest BCUT2D eigenvalue weighted by Gasteiger charge is 2.55. The molecule has 1 atom stereocenters. The van der Waals surface area contributed by atoms with Crippen LogP contribution >= 0.6 is 0 Å². The van der Waals surface area contributed by atoms with Gasteiger partial charge in [0.25, 0.3) is 0 Å². The average Bonchev–Trinajstić information content (AvgIpc) is 2.59. The van der Waals surface area contributed by atoms with Crippen LogP contribution in [0.5, 0.6) is 0 Å². The highest BCUT2D eigenvalue weighted by atomic mass is 32.2. The molecule has 4 fully saturated rings. The van der Waals surface area contributed by atoms with Gasteiger partial charge in [-0.2, -0.15) is 0 Å². The van der Waals surface area contributed by atoms with Gasteiger partial charge in [-0.15, -0.1) is 0 Å². The van der Waals surface area contributed by atoms with Gasteiger partial charge in [-0.05, 0) is 87.5 Å². The van der Waals surface area contributed by atoms with E-state index in [0.29, 0.717) is 29.0 Å². The standard InChI is InChI=1S/C21H27NO5S/c1-13(19(23)17-3-5-18(6-4-17)22-28(2,25)26)27-20(24)21-10-14-7-15(11-21)9-16(8-14)12-21/h3-6,13-16,22H,7-12H2,1-2H3. The predicted octanol–water partition coefficient (Wildman–Crippen LogP) is 3.39. The highest BCUT2D eigenvalue weighted by molar-refractivity contribution is 7.92. The quantitative estimate of drug-likeness (QED) is 0.579. The van der Waals surface area contributed by atoms with Gasteiger partial charge >= 0.3 is 5.97 Å². The molecule has 4 aliphatic rings. The summed E-state index contributed by atoms with van der Waals surface area (Å²) < 4.78 is 30.6. The van der Waals surface area contributed by atoms with E-state index in [1.165, 1.54) is 31.4 Å². The summed E-state index contributed by atoms with van der Waals surface area (Å²) in [5.41, 5.74) is 0.397. The lowest BCUT2D eigenvalue weighted by molar-refractivity contribution is -0.174. The number of carbonyl (C=O) groups is 2. The molecule has 1 unspecified atom stereocenters. The number of hydrogen-bond acceptors (Lipinski definition) is 5. The van der Waals surface area contributed by atoms with Crippen LogP contribution in [0.2, 0.25) is 0 Å². The van der Waals surface area contributed by atoms with Crippen molar-refractivity contribution in [1.29, 1.82) is 0 Å². The fraction of sp³-hybridized carbons (Fsp3) is 0.619. The molecule has 6 nitrogen and oxygen atoms in total. The monoisotopic (exact) mass is 405 g/mol. The molecule has 4 bridgehead atoms. The van der Waals surface area contributed by atoms with E-state index in [9.17, 15) is 18.0 Å². The van der Waals surface area contributed by atoms with Crippen molar-refractivity contribution in [3.63, 3.8) is 0 Å². The van der Waals surface area contributed by atoms with Crippen LogP contribution in [0.15, 0.2) is 24.3 Å². The van der Waals surface area contributed by atoms with Crippen molar-refractivity contribution >= 4 is 27.5 Å². The van der Waals surface area contributed by atoms with Crippen molar-refractivity contribution in [2.45, 2.75) is 51.6 Å². The van der Waals surface area contributed by atoms with E-state index in [0.717, 1.165) is 25.5 Å². The van der Waals surface area contributed by atoms with Gasteiger partial charge in [0.05, 0.1) is 11.7 Å². The summed E-state index contributed by atoms with van der Waals surface area (Å²) in [7, 11) is -3.37. The second kappa shape index (κ2) is 6.87. The summed E-state index contributed by atoms with van der Waals surface area (Å²) in [6.45, 7) is 1.61. The van der Waals surface area contributed by atoms with Gasteiger partial charge in [-0.25, -0.2) is 8.42 Å². The Morgan fingerprint density at radius 3 is 2.00 bits per heavy atom. The molecule has 1 aromatic carbocycles. The molecule has 28 heavy (non-hydrogen) atoms. The van der Waals surface area contributed by atoms with Crippen LogP contribution in [-0.4, -0.2) is 32.5 Å².